The lowest BCUT2D eigenvalue weighted by Gasteiger charge is -2.14. The predicted molar refractivity (Wildman–Crippen MR) is 60.4 cm³/mol. The molecule has 0 fully saturated rings. The fraction of sp³-hybridized carbons (Fsp3) is 0.0909. The van der Waals surface area contributed by atoms with E-state index in [1.807, 2.05) is 12.1 Å². The molecule has 0 bridgehead atoms. The third kappa shape index (κ3) is 1.18. The Bertz CT molecular complexity index is 481. The van der Waals surface area contributed by atoms with E-state index in [-0.39, 0.29) is 0 Å². The first-order valence-corrected chi connectivity index (χ1v) is 5.55. The van der Waals surface area contributed by atoms with Crippen LogP contribution in [-0.2, 0) is 6.42 Å². The number of primary amides is 1. The Morgan fingerprint density at radius 2 is 2.20 bits per heavy atom. The van der Waals surface area contributed by atoms with Crippen molar-refractivity contribution in [3.63, 3.8) is 0 Å². The van der Waals surface area contributed by atoms with Crippen molar-refractivity contribution in [2.45, 2.75) is 6.42 Å². The molecule has 2 aliphatic rings. The Kier molecular flexibility index (Phi) is 1.79. The number of nitrogens with zero attached hydrogens (tertiary/aromatic N) is 1. The van der Waals surface area contributed by atoms with E-state index >= 15 is 0 Å². The lowest BCUT2D eigenvalue weighted by atomic mass is 10.1. The number of carbonyl (C=O) groups excluding carboxylic acids is 1. The summed E-state index contributed by atoms with van der Waals surface area (Å²) in [7, 11) is 0. The second kappa shape index (κ2) is 3.03. The molecular formula is C11H9N2OS. The molecule has 2 amide bonds. The third-order valence-corrected chi connectivity index (χ3v) is 3.69. The van der Waals surface area contributed by atoms with Gasteiger partial charge in [0.2, 0.25) is 0 Å². The monoisotopic (exact) mass is 217 g/mol. The molecule has 1 aromatic carbocycles. The summed E-state index contributed by atoms with van der Waals surface area (Å²) >= 11 is 1.57. The lowest BCUT2D eigenvalue weighted by Crippen LogP contribution is -2.30. The first kappa shape index (κ1) is 8.85. The van der Waals surface area contributed by atoms with Crippen LogP contribution in [0.2, 0.25) is 0 Å². The van der Waals surface area contributed by atoms with Crippen molar-refractivity contribution < 1.29 is 4.79 Å². The number of thioether (sulfide) groups is 1. The van der Waals surface area contributed by atoms with Gasteiger partial charge in [-0.2, -0.15) is 0 Å². The number of rotatable bonds is 0. The molecule has 1 aliphatic heterocycles. The number of hydrogen-bond donors (Lipinski definition) is 1. The number of amides is 2. The largest absolute Gasteiger partial charge is 0.351 e. The molecule has 1 aromatic rings. The molecule has 0 aromatic heterocycles. The summed E-state index contributed by atoms with van der Waals surface area (Å²) in [5.41, 5.74) is 8.83. The van der Waals surface area contributed by atoms with Gasteiger partial charge in [0.05, 0.1) is 0 Å². The van der Waals surface area contributed by atoms with Crippen LogP contribution < -0.4 is 5.73 Å². The molecule has 4 heteroatoms. The molecule has 0 atom stereocenters. The lowest BCUT2D eigenvalue weighted by molar-refractivity contribution is 0.231. The second-order valence-electron chi connectivity index (χ2n) is 3.54. The molecular weight excluding hydrogens is 208 g/mol. The normalized spacial score (nSPS) is 18.0. The van der Waals surface area contributed by atoms with Gasteiger partial charge in [0, 0.05) is 17.0 Å². The van der Waals surface area contributed by atoms with Gasteiger partial charge in [0.15, 0.2) is 0 Å². The van der Waals surface area contributed by atoms with Gasteiger partial charge in [0.25, 0.3) is 0 Å². The highest BCUT2D eigenvalue weighted by Crippen LogP contribution is 2.48. The Labute approximate surface area is 91.9 Å². The highest BCUT2D eigenvalue weighted by Gasteiger charge is 2.33. The molecule has 0 spiro atoms. The van der Waals surface area contributed by atoms with E-state index in [4.69, 9.17) is 5.73 Å². The SMILES string of the molecule is NC(=O)N1[CH]SC2=C1Cc1ccccc12. The van der Waals surface area contributed by atoms with Gasteiger partial charge in [0.1, 0.15) is 5.88 Å². The maximum atomic E-state index is 11.2. The summed E-state index contributed by atoms with van der Waals surface area (Å²) in [6, 6.07) is 7.81. The van der Waals surface area contributed by atoms with Gasteiger partial charge in [-0.15, -0.1) is 0 Å². The van der Waals surface area contributed by atoms with Crippen LogP contribution in [0.15, 0.2) is 30.0 Å². The minimum atomic E-state index is -0.402. The molecule has 1 heterocycles. The van der Waals surface area contributed by atoms with E-state index in [0.717, 1.165) is 12.1 Å². The van der Waals surface area contributed by atoms with E-state index in [0.29, 0.717) is 0 Å². The van der Waals surface area contributed by atoms with E-state index in [2.05, 4.69) is 12.1 Å². The van der Waals surface area contributed by atoms with Crippen LogP contribution >= 0.6 is 11.8 Å². The molecule has 15 heavy (non-hydrogen) atoms. The zero-order chi connectivity index (χ0) is 10.4. The average molecular weight is 217 g/mol. The van der Waals surface area contributed by atoms with Gasteiger partial charge in [-0.1, -0.05) is 36.0 Å². The van der Waals surface area contributed by atoms with Gasteiger partial charge in [-0.05, 0) is 11.1 Å². The van der Waals surface area contributed by atoms with Crippen LogP contribution in [0.5, 0.6) is 0 Å². The van der Waals surface area contributed by atoms with Crippen molar-refractivity contribution in [2.75, 3.05) is 0 Å². The smallest absolute Gasteiger partial charge is 0.320 e. The fourth-order valence-corrected chi connectivity index (χ4v) is 3.07. The highest BCUT2D eigenvalue weighted by molar-refractivity contribution is 8.10. The molecule has 0 saturated carbocycles. The Hall–Kier alpha value is -1.42. The van der Waals surface area contributed by atoms with E-state index in [1.54, 1.807) is 22.5 Å². The number of urea groups is 1. The third-order valence-electron chi connectivity index (χ3n) is 2.69. The molecule has 0 unspecified atom stereocenters. The predicted octanol–water partition coefficient (Wildman–Crippen LogP) is 2.16. The average Bonchev–Trinajstić information content (AvgIpc) is 2.74. The zero-order valence-electron chi connectivity index (χ0n) is 7.93. The van der Waals surface area contributed by atoms with Crippen LogP contribution in [0.4, 0.5) is 4.79 Å². The van der Waals surface area contributed by atoms with Crippen LogP contribution in [0, 0.1) is 5.88 Å². The maximum Gasteiger partial charge on any atom is 0.320 e. The van der Waals surface area contributed by atoms with E-state index < -0.39 is 6.03 Å². The van der Waals surface area contributed by atoms with Gasteiger partial charge < -0.3 is 5.73 Å². The fourth-order valence-electron chi connectivity index (χ4n) is 1.99. The van der Waals surface area contributed by atoms with Crippen molar-refractivity contribution in [3.05, 3.63) is 47.0 Å². The van der Waals surface area contributed by atoms with Crippen molar-refractivity contribution >= 4 is 22.7 Å². The molecule has 1 aliphatic carbocycles. The quantitative estimate of drug-likeness (QED) is 0.723. The summed E-state index contributed by atoms with van der Waals surface area (Å²) in [6.07, 6.45) is 0.804. The first-order chi connectivity index (χ1) is 7.27. The summed E-state index contributed by atoms with van der Waals surface area (Å²) in [6.45, 7) is 0. The maximum absolute atomic E-state index is 11.2. The van der Waals surface area contributed by atoms with E-state index in [1.165, 1.54) is 16.0 Å². The van der Waals surface area contributed by atoms with Gasteiger partial charge in [-0.3, -0.25) is 4.90 Å². The van der Waals surface area contributed by atoms with Gasteiger partial charge in [-0.25, -0.2) is 4.79 Å². The number of fused-ring (bicyclic) bond motifs is 2. The number of carbonyl (C=O) groups is 1. The number of allylic oxidation sites excluding steroid dienone is 1. The van der Waals surface area contributed by atoms with Crippen LogP contribution in [0.25, 0.3) is 4.91 Å². The van der Waals surface area contributed by atoms with Crippen molar-refractivity contribution in [2.24, 2.45) is 5.73 Å². The highest BCUT2D eigenvalue weighted by atomic mass is 32.2. The van der Waals surface area contributed by atoms with Crippen molar-refractivity contribution in [3.8, 4) is 0 Å². The van der Waals surface area contributed by atoms with E-state index in [9.17, 15) is 4.79 Å². The molecule has 3 nitrogen and oxygen atoms in total. The Morgan fingerprint density at radius 3 is 3.00 bits per heavy atom. The molecule has 0 saturated heterocycles. The second-order valence-corrected chi connectivity index (χ2v) is 4.40. The Balaban J connectivity index is 2.07. The number of hydrogen-bond acceptors (Lipinski definition) is 2. The summed E-state index contributed by atoms with van der Waals surface area (Å²) in [4.78, 5) is 13.9. The summed E-state index contributed by atoms with van der Waals surface area (Å²) < 4.78 is 0. The summed E-state index contributed by atoms with van der Waals surface area (Å²) in [5, 5.41) is 0. The molecule has 2 N–H and O–H groups in total. The Morgan fingerprint density at radius 1 is 1.40 bits per heavy atom. The van der Waals surface area contributed by atoms with Gasteiger partial charge >= 0.3 is 6.03 Å². The minimum absolute atomic E-state index is 0.402. The zero-order valence-corrected chi connectivity index (χ0v) is 8.75. The molecule has 1 radical (unpaired) electrons. The molecule has 75 valence electrons. The molecule has 3 rings (SSSR count). The number of nitrogens with two attached hydrogens (primary N) is 1. The van der Waals surface area contributed by atoms with Crippen molar-refractivity contribution in [1.82, 2.24) is 4.90 Å². The van der Waals surface area contributed by atoms with Crippen LogP contribution in [0.3, 0.4) is 0 Å². The van der Waals surface area contributed by atoms with Crippen LogP contribution in [0.1, 0.15) is 11.1 Å². The van der Waals surface area contributed by atoms with Crippen LogP contribution in [-0.4, -0.2) is 10.9 Å². The standard InChI is InChI=1S/C11H9N2OS/c12-11(14)13-6-15-10-8-4-2-1-3-7(8)5-9(10)13/h1-4,6H,5H2,(H2,12,14). The summed E-state index contributed by atoms with van der Waals surface area (Å²) in [5.74, 6) is 1.78. The van der Waals surface area contributed by atoms with Crippen molar-refractivity contribution in [1.29, 1.82) is 0 Å². The topological polar surface area (TPSA) is 46.3 Å². The number of benzene rings is 1. The minimum Gasteiger partial charge on any atom is -0.351 e. The first-order valence-electron chi connectivity index (χ1n) is 4.67.